The quantitative estimate of drug-likeness (QED) is 0.0195. The van der Waals surface area contributed by atoms with Gasteiger partial charge in [-0.15, -0.1) is 0 Å². The van der Waals surface area contributed by atoms with Crippen molar-refractivity contribution in [2.45, 2.75) is 341 Å². The molecule has 0 bridgehead atoms. The van der Waals surface area contributed by atoms with Crippen molar-refractivity contribution in [3.63, 3.8) is 0 Å². The second-order valence-electron chi connectivity index (χ2n) is 23.4. The van der Waals surface area contributed by atoms with Crippen LogP contribution in [-0.2, 0) is 33.3 Å². The van der Waals surface area contributed by atoms with E-state index in [1.807, 2.05) is 21.1 Å². The van der Waals surface area contributed by atoms with Crippen LogP contribution in [0.3, 0.4) is 0 Å². The lowest BCUT2D eigenvalue weighted by Crippen LogP contribution is -2.44. The van der Waals surface area contributed by atoms with Crippen LogP contribution in [0, 0.1) is 0 Å². The van der Waals surface area contributed by atoms with E-state index in [9.17, 15) is 19.5 Å². The third-order valence-electron chi connectivity index (χ3n) is 14.8. The fourth-order valence-corrected chi connectivity index (χ4v) is 9.77. The topological polar surface area (TPSA) is 111 Å². The number of ether oxygens (including phenoxy) is 4. The highest BCUT2D eigenvalue weighted by Crippen LogP contribution is 2.18. The number of carboxylic acid groups (broad SMARTS) is 1. The minimum Gasteiger partial charge on any atom is -0.545 e. The molecule has 0 aromatic rings. The molecule has 9 heteroatoms. The van der Waals surface area contributed by atoms with Crippen LogP contribution in [0.2, 0.25) is 0 Å². The number of carbonyl (C=O) groups excluding carboxylic acids is 3. The summed E-state index contributed by atoms with van der Waals surface area (Å²) in [5.41, 5.74) is 0. The fraction of sp³-hybridized carbons (Fsp3) is 0.923. The summed E-state index contributed by atoms with van der Waals surface area (Å²) in [4.78, 5) is 37.3. The summed E-state index contributed by atoms with van der Waals surface area (Å²) in [6.07, 6.45) is 64.4. The number of rotatable bonds is 61. The number of allylic oxidation sites excluding steroid dienone is 2. The van der Waals surface area contributed by atoms with Gasteiger partial charge < -0.3 is 33.3 Å². The Kier molecular flexibility index (Phi) is 55.7. The first-order chi connectivity index (χ1) is 36.1. The van der Waals surface area contributed by atoms with E-state index in [1.54, 1.807) is 0 Å². The monoisotopic (exact) mass is 1050 g/mol. The van der Waals surface area contributed by atoms with E-state index in [0.29, 0.717) is 17.4 Å². The number of esters is 2. The third kappa shape index (κ3) is 57.7. The molecule has 0 aliphatic carbocycles. The lowest BCUT2D eigenvalue weighted by molar-refractivity contribution is -0.870. The Balaban J connectivity index is 3.97. The number of hydrogen-bond donors (Lipinski definition) is 0. The van der Waals surface area contributed by atoms with E-state index < -0.39 is 24.3 Å². The third-order valence-corrected chi connectivity index (χ3v) is 14.8. The van der Waals surface area contributed by atoms with E-state index in [0.717, 1.165) is 38.5 Å². The zero-order chi connectivity index (χ0) is 54.1. The molecule has 0 amide bonds. The van der Waals surface area contributed by atoms with Crippen molar-refractivity contribution in [3.8, 4) is 0 Å². The average molecular weight is 1050 g/mol. The molecule has 0 aliphatic heterocycles. The van der Waals surface area contributed by atoms with Gasteiger partial charge in [-0.1, -0.05) is 289 Å². The number of aliphatic carboxylic acids is 1. The van der Waals surface area contributed by atoms with Crippen molar-refractivity contribution < 1.29 is 42.9 Å². The summed E-state index contributed by atoms with van der Waals surface area (Å²) >= 11 is 0. The van der Waals surface area contributed by atoms with Gasteiger partial charge in [-0.05, 0) is 38.5 Å². The Morgan fingerprint density at radius 2 is 0.689 bits per heavy atom. The number of carbonyl (C=O) groups is 3. The second-order valence-corrected chi connectivity index (χ2v) is 23.4. The van der Waals surface area contributed by atoms with Gasteiger partial charge in [-0.3, -0.25) is 9.59 Å². The van der Waals surface area contributed by atoms with Gasteiger partial charge in [0.15, 0.2) is 12.4 Å². The van der Waals surface area contributed by atoms with Crippen LogP contribution in [0.5, 0.6) is 0 Å². The van der Waals surface area contributed by atoms with Gasteiger partial charge in [0, 0.05) is 12.8 Å². The van der Waals surface area contributed by atoms with Crippen molar-refractivity contribution >= 4 is 17.9 Å². The molecule has 9 nitrogen and oxygen atoms in total. The molecule has 0 N–H and O–H groups in total. The first kappa shape index (κ1) is 72.0. The summed E-state index contributed by atoms with van der Waals surface area (Å²) < 4.78 is 22.7. The van der Waals surface area contributed by atoms with Crippen LogP contribution >= 0.6 is 0 Å². The Morgan fingerprint density at radius 3 is 1.00 bits per heavy atom. The number of hydrogen-bond acceptors (Lipinski definition) is 8. The van der Waals surface area contributed by atoms with E-state index in [2.05, 4.69) is 26.0 Å². The highest BCUT2D eigenvalue weighted by atomic mass is 16.7. The lowest BCUT2D eigenvalue weighted by Gasteiger charge is -2.26. The standard InChI is InChI=1S/C65H125NO8/c1-6-8-10-12-14-16-18-20-22-23-24-25-26-27-28-29-30-31-32-33-34-35-36-37-38-39-40-41-42-44-46-48-50-52-54-56-63(68)74-61(60-73-65(64(69)70)71-58-57-66(3,4)5)59-72-62(67)55-53-51-49-47-45-43-21-19-17-15-13-11-9-7-2/h23-24,61,65H,6-22,25-60H2,1-5H3/b24-23-. The minimum absolute atomic E-state index is 0.152. The van der Waals surface area contributed by atoms with E-state index in [1.165, 1.54) is 263 Å². The molecule has 0 saturated carbocycles. The number of quaternary nitrogens is 1. The molecular weight excluding hydrogens is 923 g/mol. The summed E-state index contributed by atoms with van der Waals surface area (Å²) in [5.74, 6) is -2.25. The molecule has 0 spiro atoms. The molecule has 0 aliphatic rings. The van der Waals surface area contributed by atoms with Crippen LogP contribution in [-0.4, -0.2) is 82.3 Å². The van der Waals surface area contributed by atoms with Gasteiger partial charge in [-0.2, -0.15) is 0 Å². The summed E-state index contributed by atoms with van der Waals surface area (Å²) in [6.45, 7) is 4.80. The average Bonchev–Trinajstić information content (AvgIpc) is 3.37. The van der Waals surface area contributed by atoms with Crippen LogP contribution < -0.4 is 5.11 Å². The molecule has 0 radical (unpaired) electrons. The predicted octanol–water partition coefficient (Wildman–Crippen LogP) is 18.0. The van der Waals surface area contributed by atoms with Gasteiger partial charge in [-0.25, -0.2) is 0 Å². The number of carboxylic acids is 1. The Morgan fingerprint density at radius 1 is 0.392 bits per heavy atom. The molecule has 0 heterocycles. The largest absolute Gasteiger partial charge is 0.545 e. The fourth-order valence-electron chi connectivity index (χ4n) is 9.77. The van der Waals surface area contributed by atoms with Crippen molar-refractivity contribution in [2.75, 3.05) is 47.5 Å². The van der Waals surface area contributed by atoms with Crippen molar-refractivity contribution in [3.05, 3.63) is 12.2 Å². The molecular formula is C65H125NO8. The molecule has 0 fully saturated rings. The van der Waals surface area contributed by atoms with Gasteiger partial charge in [0.1, 0.15) is 13.2 Å². The highest BCUT2D eigenvalue weighted by molar-refractivity contribution is 5.70. The first-order valence-electron chi connectivity index (χ1n) is 32.3. The zero-order valence-electron chi connectivity index (χ0n) is 50.0. The molecule has 0 aromatic carbocycles. The predicted molar refractivity (Wildman–Crippen MR) is 311 cm³/mol. The molecule has 2 atom stereocenters. The van der Waals surface area contributed by atoms with Gasteiger partial charge in [0.05, 0.1) is 40.3 Å². The lowest BCUT2D eigenvalue weighted by atomic mass is 10.0. The maximum Gasteiger partial charge on any atom is 0.306 e. The Bertz CT molecular complexity index is 1220. The van der Waals surface area contributed by atoms with Gasteiger partial charge >= 0.3 is 11.9 Å². The molecule has 74 heavy (non-hydrogen) atoms. The number of likely N-dealkylation sites (N-methyl/N-ethyl adjacent to an activating group) is 1. The van der Waals surface area contributed by atoms with Crippen LogP contribution in [0.25, 0.3) is 0 Å². The molecule has 0 aromatic heterocycles. The molecule has 0 saturated heterocycles. The molecule has 0 rings (SSSR count). The molecule has 438 valence electrons. The van der Waals surface area contributed by atoms with Gasteiger partial charge in [0.25, 0.3) is 0 Å². The van der Waals surface area contributed by atoms with Crippen molar-refractivity contribution in [1.82, 2.24) is 0 Å². The number of nitrogens with zero attached hydrogens (tertiary/aromatic N) is 1. The maximum atomic E-state index is 12.9. The van der Waals surface area contributed by atoms with Crippen LogP contribution in [0.1, 0.15) is 328 Å². The Labute approximate surface area is 459 Å². The zero-order valence-corrected chi connectivity index (χ0v) is 50.0. The van der Waals surface area contributed by atoms with Crippen LogP contribution in [0.4, 0.5) is 0 Å². The first-order valence-corrected chi connectivity index (χ1v) is 32.3. The Hall–Kier alpha value is -1.97. The van der Waals surface area contributed by atoms with E-state index >= 15 is 0 Å². The normalized spacial score (nSPS) is 12.7. The van der Waals surface area contributed by atoms with Crippen molar-refractivity contribution in [2.24, 2.45) is 0 Å². The summed E-state index contributed by atoms with van der Waals surface area (Å²) in [7, 11) is 5.94. The number of unbranched alkanes of at least 4 members (excludes halogenated alkanes) is 44. The summed E-state index contributed by atoms with van der Waals surface area (Å²) in [5, 5.41) is 11.8. The van der Waals surface area contributed by atoms with Crippen molar-refractivity contribution in [1.29, 1.82) is 0 Å². The van der Waals surface area contributed by atoms with E-state index in [-0.39, 0.29) is 32.2 Å². The summed E-state index contributed by atoms with van der Waals surface area (Å²) in [6, 6.07) is 0. The smallest absolute Gasteiger partial charge is 0.306 e. The second kappa shape index (κ2) is 57.2. The molecule has 2 unspecified atom stereocenters. The highest BCUT2D eigenvalue weighted by Gasteiger charge is 2.22. The van der Waals surface area contributed by atoms with Gasteiger partial charge in [0.2, 0.25) is 0 Å². The van der Waals surface area contributed by atoms with Crippen LogP contribution in [0.15, 0.2) is 12.2 Å². The maximum absolute atomic E-state index is 12.9. The van der Waals surface area contributed by atoms with E-state index in [4.69, 9.17) is 18.9 Å². The minimum atomic E-state index is -1.62. The SMILES string of the molecule is CCCCCCCCCC/C=C\CCCCCCCCCCCCCCCCCCCCCCCCCC(=O)OC(COC(=O)CCCCCCCCCCCCCCCC)COC(OCC[N+](C)(C)C)C(=O)[O-].